The molecule has 150 valence electrons. The van der Waals surface area contributed by atoms with E-state index in [1.165, 1.54) is 16.7 Å². The van der Waals surface area contributed by atoms with Crippen LogP contribution in [0.5, 0.6) is 11.5 Å². The molecule has 0 aromatic heterocycles. The smallest absolute Gasteiger partial charge is 0.118 e. The Balaban J connectivity index is 0.000000921. The molecule has 0 amide bonds. The molecule has 0 atom stereocenters. The van der Waals surface area contributed by atoms with Crippen LogP contribution in [0, 0.1) is 0 Å². The van der Waals surface area contributed by atoms with Crippen LogP contribution in [0.4, 0.5) is 0 Å². The van der Waals surface area contributed by atoms with Crippen molar-refractivity contribution >= 4 is 0 Å². The molecule has 28 heavy (non-hydrogen) atoms. The van der Waals surface area contributed by atoms with Crippen molar-refractivity contribution in [1.29, 1.82) is 0 Å². The van der Waals surface area contributed by atoms with Gasteiger partial charge in [0.25, 0.3) is 0 Å². The van der Waals surface area contributed by atoms with E-state index in [2.05, 4.69) is 55.5 Å². The van der Waals surface area contributed by atoms with Crippen molar-refractivity contribution in [1.82, 2.24) is 0 Å². The number of ether oxygens (including phenoxy) is 2. The highest BCUT2D eigenvalue weighted by atomic mass is 16.5. The summed E-state index contributed by atoms with van der Waals surface area (Å²) in [4.78, 5) is 0. The predicted molar refractivity (Wildman–Crippen MR) is 121 cm³/mol. The van der Waals surface area contributed by atoms with Crippen LogP contribution in [0.25, 0.3) is 0 Å². The van der Waals surface area contributed by atoms with Gasteiger partial charge >= 0.3 is 0 Å². The fraction of sp³-hybridized carbons (Fsp3) is 0.308. The van der Waals surface area contributed by atoms with Gasteiger partial charge in [-0.2, -0.15) is 0 Å². The zero-order valence-corrected chi connectivity index (χ0v) is 18.3. The van der Waals surface area contributed by atoms with E-state index in [4.69, 9.17) is 9.47 Å². The maximum atomic E-state index is 5.31. The Morgan fingerprint density at radius 3 is 1.14 bits per heavy atom. The summed E-state index contributed by atoms with van der Waals surface area (Å²) in [7, 11) is 3.38. The third-order valence-electron chi connectivity index (χ3n) is 4.69. The standard InChI is InChI=1S/C22H22O2.2C2H6/c1-22(17-7-5-4-6-8-17,18-9-13-20(23-2)14-10-18)19-11-15-21(24-3)16-12-19;2*1-2/h4-16H,1-3H3;2*1-2H3. The first-order valence-electron chi connectivity index (χ1n) is 10.0. The van der Waals surface area contributed by atoms with Gasteiger partial charge in [-0.3, -0.25) is 0 Å². The van der Waals surface area contributed by atoms with Gasteiger partial charge in [0.1, 0.15) is 11.5 Å². The molecule has 0 saturated heterocycles. The summed E-state index contributed by atoms with van der Waals surface area (Å²) in [6.45, 7) is 10.3. The summed E-state index contributed by atoms with van der Waals surface area (Å²) in [6.07, 6.45) is 0. The van der Waals surface area contributed by atoms with Crippen LogP contribution >= 0.6 is 0 Å². The van der Waals surface area contributed by atoms with Crippen LogP contribution in [0.2, 0.25) is 0 Å². The molecule has 3 rings (SSSR count). The van der Waals surface area contributed by atoms with E-state index in [0.29, 0.717) is 0 Å². The Hall–Kier alpha value is -2.74. The Morgan fingerprint density at radius 1 is 0.500 bits per heavy atom. The molecule has 0 heterocycles. The van der Waals surface area contributed by atoms with E-state index < -0.39 is 0 Å². The third kappa shape index (κ3) is 5.16. The first kappa shape index (κ1) is 23.3. The summed E-state index contributed by atoms with van der Waals surface area (Å²) in [6, 6.07) is 27.2. The van der Waals surface area contributed by atoms with Crippen molar-refractivity contribution in [2.75, 3.05) is 14.2 Å². The van der Waals surface area contributed by atoms with E-state index in [9.17, 15) is 0 Å². The van der Waals surface area contributed by atoms with Crippen LogP contribution in [0.1, 0.15) is 51.3 Å². The van der Waals surface area contributed by atoms with Crippen LogP contribution in [-0.4, -0.2) is 14.2 Å². The molecule has 0 aliphatic rings. The topological polar surface area (TPSA) is 18.5 Å². The van der Waals surface area contributed by atoms with Gasteiger partial charge in [0.05, 0.1) is 14.2 Å². The van der Waals surface area contributed by atoms with Crippen molar-refractivity contribution < 1.29 is 9.47 Å². The molecule has 2 heteroatoms. The monoisotopic (exact) mass is 378 g/mol. The number of benzene rings is 3. The number of hydrogen-bond acceptors (Lipinski definition) is 2. The lowest BCUT2D eigenvalue weighted by atomic mass is 9.71. The van der Waals surface area contributed by atoms with Crippen molar-refractivity contribution in [2.45, 2.75) is 40.0 Å². The van der Waals surface area contributed by atoms with Crippen LogP contribution < -0.4 is 9.47 Å². The molecule has 0 radical (unpaired) electrons. The van der Waals surface area contributed by atoms with Gasteiger partial charge in [0.2, 0.25) is 0 Å². The van der Waals surface area contributed by atoms with Gasteiger partial charge in [-0.1, -0.05) is 82.3 Å². The quantitative estimate of drug-likeness (QED) is 0.440. The largest absolute Gasteiger partial charge is 0.497 e. The van der Waals surface area contributed by atoms with Gasteiger partial charge < -0.3 is 9.47 Å². The van der Waals surface area contributed by atoms with Gasteiger partial charge in [0, 0.05) is 5.41 Å². The van der Waals surface area contributed by atoms with Crippen molar-refractivity contribution in [2.24, 2.45) is 0 Å². The fourth-order valence-electron chi connectivity index (χ4n) is 3.12. The molecule has 2 nitrogen and oxygen atoms in total. The minimum atomic E-state index is -0.250. The first-order valence-corrected chi connectivity index (χ1v) is 10.0. The minimum absolute atomic E-state index is 0.250. The van der Waals surface area contributed by atoms with Gasteiger partial charge in [0.15, 0.2) is 0 Å². The summed E-state index contributed by atoms with van der Waals surface area (Å²) in [5.74, 6) is 1.73. The van der Waals surface area contributed by atoms with Crippen LogP contribution in [0.3, 0.4) is 0 Å². The second kappa shape index (κ2) is 11.9. The lowest BCUT2D eigenvalue weighted by molar-refractivity contribution is 0.414. The molecule has 3 aromatic carbocycles. The van der Waals surface area contributed by atoms with E-state index in [-0.39, 0.29) is 5.41 Å². The highest BCUT2D eigenvalue weighted by Crippen LogP contribution is 2.39. The Bertz CT molecular complexity index is 727. The maximum absolute atomic E-state index is 5.31. The van der Waals surface area contributed by atoms with E-state index in [0.717, 1.165) is 11.5 Å². The average molecular weight is 379 g/mol. The first-order chi connectivity index (χ1) is 13.7. The SMILES string of the molecule is CC.CC.COc1ccc(C(C)(c2ccccc2)c2ccc(OC)cc2)cc1. The average Bonchev–Trinajstić information content (AvgIpc) is 2.82. The Labute approximate surface area is 171 Å². The molecule has 0 aliphatic heterocycles. The lowest BCUT2D eigenvalue weighted by Gasteiger charge is -2.32. The molecule has 0 unspecified atom stereocenters. The Kier molecular flexibility index (Phi) is 9.87. The normalized spacial score (nSPS) is 9.96. The highest BCUT2D eigenvalue weighted by molar-refractivity contribution is 5.51. The highest BCUT2D eigenvalue weighted by Gasteiger charge is 2.31. The lowest BCUT2D eigenvalue weighted by Crippen LogP contribution is -2.25. The van der Waals surface area contributed by atoms with E-state index in [1.807, 2.05) is 58.0 Å². The molecule has 0 aliphatic carbocycles. The second-order valence-electron chi connectivity index (χ2n) is 5.95. The molecule has 0 fully saturated rings. The summed E-state index contributed by atoms with van der Waals surface area (Å²) >= 11 is 0. The van der Waals surface area contributed by atoms with Gasteiger partial charge in [-0.15, -0.1) is 0 Å². The van der Waals surface area contributed by atoms with Crippen molar-refractivity contribution in [3.63, 3.8) is 0 Å². The molecule has 0 bridgehead atoms. The van der Waals surface area contributed by atoms with E-state index in [1.54, 1.807) is 14.2 Å². The molecular formula is C26H34O2. The number of rotatable bonds is 5. The summed E-state index contributed by atoms with van der Waals surface area (Å²) in [5.41, 5.74) is 3.44. The third-order valence-corrected chi connectivity index (χ3v) is 4.69. The molecular weight excluding hydrogens is 344 g/mol. The zero-order valence-electron chi connectivity index (χ0n) is 18.3. The Morgan fingerprint density at radius 2 is 0.821 bits per heavy atom. The minimum Gasteiger partial charge on any atom is -0.497 e. The second-order valence-corrected chi connectivity index (χ2v) is 5.95. The summed E-state index contributed by atoms with van der Waals surface area (Å²) in [5, 5.41) is 0. The van der Waals surface area contributed by atoms with Crippen molar-refractivity contribution in [3.8, 4) is 11.5 Å². The van der Waals surface area contributed by atoms with Crippen molar-refractivity contribution in [3.05, 3.63) is 95.6 Å². The summed E-state index contributed by atoms with van der Waals surface area (Å²) < 4.78 is 10.6. The number of methoxy groups -OCH3 is 2. The van der Waals surface area contributed by atoms with Crippen LogP contribution in [0.15, 0.2) is 78.9 Å². The zero-order chi connectivity index (χ0) is 21.0. The molecule has 0 N–H and O–H groups in total. The molecule has 0 saturated carbocycles. The maximum Gasteiger partial charge on any atom is 0.118 e. The van der Waals surface area contributed by atoms with E-state index >= 15 is 0 Å². The fourth-order valence-corrected chi connectivity index (χ4v) is 3.12. The van der Waals surface area contributed by atoms with Gasteiger partial charge in [-0.05, 0) is 47.9 Å². The van der Waals surface area contributed by atoms with Crippen LogP contribution in [-0.2, 0) is 5.41 Å². The number of hydrogen-bond donors (Lipinski definition) is 0. The molecule has 3 aromatic rings. The molecule has 0 spiro atoms. The van der Waals surface area contributed by atoms with Gasteiger partial charge in [-0.25, -0.2) is 0 Å². The predicted octanol–water partition coefficient (Wildman–Crippen LogP) is 7.11.